The largest absolute Gasteiger partial charge is 0.198 e. The quantitative estimate of drug-likeness (QED) is 0.703. The molecule has 1 unspecified atom stereocenters. The van der Waals surface area contributed by atoms with Gasteiger partial charge in [0, 0.05) is 14.5 Å². The molecule has 0 N–H and O–H groups in total. The van der Waals surface area contributed by atoms with Crippen molar-refractivity contribution in [1.29, 1.82) is 5.26 Å². The molecule has 0 aliphatic carbocycles. The highest BCUT2D eigenvalue weighted by atomic mass is 79.9. The molecule has 0 saturated heterocycles. The van der Waals surface area contributed by atoms with Gasteiger partial charge in [0.05, 0.1) is 12.0 Å². The normalized spacial score (nSPS) is 11.9. The molecule has 0 bridgehead atoms. The van der Waals surface area contributed by atoms with E-state index >= 15 is 0 Å². The zero-order valence-electron chi connectivity index (χ0n) is 9.91. The molecule has 96 valence electrons. The molecule has 1 nitrogen and oxygen atoms in total. The zero-order chi connectivity index (χ0) is 13.8. The summed E-state index contributed by atoms with van der Waals surface area (Å²) in [5.74, 6) is -0.272. The van der Waals surface area contributed by atoms with Crippen molar-refractivity contribution in [3.63, 3.8) is 0 Å². The summed E-state index contributed by atoms with van der Waals surface area (Å²) in [5, 5.41) is 10.5. The first-order valence-electron chi connectivity index (χ1n) is 5.69. The Morgan fingerprint density at radius 3 is 2.37 bits per heavy atom. The molecule has 1 atom stereocenters. The topological polar surface area (TPSA) is 23.8 Å². The van der Waals surface area contributed by atoms with E-state index in [4.69, 9.17) is 23.2 Å². The van der Waals surface area contributed by atoms with Crippen LogP contribution in [0.1, 0.15) is 17.0 Å². The number of halogens is 3. The third-order valence-corrected chi connectivity index (χ3v) is 3.94. The Labute approximate surface area is 130 Å². The van der Waals surface area contributed by atoms with Crippen LogP contribution in [0.2, 0.25) is 10.0 Å². The van der Waals surface area contributed by atoms with Crippen molar-refractivity contribution in [1.82, 2.24) is 0 Å². The molecule has 0 radical (unpaired) electrons. The van der Waals surface area contributed by atoms with Gasteiger partial charge in [0.2, 0.25) is 0 Å². The molecule has 0 fully saturated rings. The Morgan fingerprint density at radius 1 is 1.11 bits per heavy atom. The Hall–Kier alpha value is -1.01. The Morgan fingerprint density at radius 2 is 1.79 bits per heavy atom. The standard InChI is InChI=1S/C15H10BrCl2N/c16-12-3-1-10(2-4-12)7-11(9-19)14-6-5-13(17)8-15(14)18/h1-6,8,11H,7H2. The Balaban J connectivity index is 2.25. The minimum absolute atomic E-state index is 0.272. The molecule has 0 aliphatic heterocycles. The van der Waals surface area contributed by atoms with E-state index in [2.05, 4.69) is 22.0 Å². The van der Waals surface area contributed by atoms with Gasteiger partial charge < -0.3 is 0 Å². The van der Waals surface area contributed by atoms with E-state index in [1.165, 1.54) is 0 Å². The fourth-order valence-electron chi connectivity index (χ4n) is 1.87. The molecule has 0 aliphatic rings. The van der Waals surface area contributed by atoms with Crippen molar-refractivity contribution in [3.05, 3.63) is 68.1 Å². The van der Waals surface area contributed by atoms with E-state index in [9.17, 15) is 5.26 Å². The number of hydrogen-bond donors (Lipinski definition) is 0. The predicted molar refractivity (Wildman–Crippen MR) is 82.7 cm³/mol. The van der Waals surface area contributed by atoms with Gasteiger partial charge in [0.25, 0.3) is 0 Å². The molecule has 0 amide bonds. The number of hydrogen-bond acceptors (Lipinski definition) is 1. The maximum atomic E-state index is 9.34. The van der Waals surface area contributed by atoms with Gasteiger partial charge in [-0.15, -0.1) is 0 Å². The second-order valence-electron chi connectivity index (χ2n) is 4.18. The van der Waals surface area contributed by atoms with Crippen molar-refractivity contribution >= 4 is 39.1 Å². The molecule has 2 aromatic rings. The second kappa shape index (κ2) is 6.43. The van der Waals surface area contributed by atoms with E-state index < -0.39 is 0 Å². The molecular formula is C15H10BrCl2N. The van der Waals surface area contributed by atoms with E-state index in [1.54, 1.807) is 12.1 Å². The average Bonchev–Trinajstić information content (AvgIpc) is 2.39. The molecule has 2 rings (SSSR count). The van der Waals surface area contributed by atoms with Crippen molar-refractivity contribution in [3.8, 4) is 6.07 Å². The van der Waals surface area contributed by atoms with Crippen LogP contribution < -0.4 is 0 Å². The first-order valence-corrected chi connectivity index (χ1v) is 7.24. The van der Waals surface area contributed by atoms with Gasteiger partial charge >= 0.3 is 0 Å². The smallest absolute Gasteiger partial charge is 0.0767 e. The van der Waals surface area contributed by atoms with Gasteiger partial charge in [-0.2, -0.15) is 5.26 Å². The average molecular weight is 355 g/mol. The fraction of sp³-hybridized carbons (Fsp3) is 0.133. The van der Waals surface area contributed by atoms with Gasteiger partial charge in [-0.05, 0) is 41.8 Å². The highest BCUT2D eigenvalue weighted by Crippen LogP contribution is 2.29. The minimum Gasteiger partial charge on any atom is -0.198 e. The van der Waals surface area contributed by atoms with Crippen LogP contribution in [0, 0.1) is 11.3 Å². The maximum Gasteiger partial charge on any atom is 0.0767 e. The van der Waals surface area contributed by atoms with Gasteiger partial charge in [0.1, 0.15) is 0 Å². The van der Waals surface area contributed by atoms with Crippen molar-refractivity contribution in [2.24, 2.45) is 0 Å². The highest BCUT2D eigenvalue weighted by Gasteiger charge is 2.15. The van der Waals surface area contributed by atoms with E-state index in [-0.39, 0.29) is 5.92 Å². The number of nitrogens with zero attached hydrogens (tertiary/aromatic N) is 1. The molecule has 0 heterocycles. The Bertz CT molecular complexity index is 617. The second-order valence-corrected chi connectivity index (χ2v) is 5.94. The first kappa shape index (κ1) is 14.4. The molecule has 0 aromatic heterocycles. The van der Waals surface area contributed by atoms with E-state index in [0.717, 1.165) is 15.6 Å². The summed E-state index contributed by atoms with van der Waals surface area (Å²) in [5.41, 5.74) is 1.91. The summed E-state index contributed by atoms with van der Waals surface area (Å²) in [6.07, 6.45) is 0.630. The van der Waals surface area contributed by atoms with Crippen LogP contribution in [0.5, 0.6) is 0 Å². The Kier molecular flexibility index (Phi) is 4.87. The first-order chi connectivity index (χ1) is 9.10. The summed E-state index contributed by atoms with van der Waals surface area (Å²) in [6, 6.07) is 15.5. The monoisotopic (exact) mass is 353 g/mol. The lowest BCUT2D eigenvalue weighted by atomic mass is 9.93. The number of nitriles is 1. The summed E-state index contributed by atoms with van der Waals surface area (Å²) in [6.45, 7) is 0. The van der Waals surface area contributed by atoms with Gasteiger partial charge in [-0.25, -0.2) is 0 Å². The van der Waals surface area contributed by atoms with Crippen LogP contribution in [0.3, 0.4) is 0 Å². The SMILES string of the molecule is N#CC(Cc1ccc(Br)cc1)c1ccc(Cl)cc1Cl. The summed E-state index contributed by atoms with van der Waals surface area (Å²) in [7, 11) is 0. The van der Waals surface area contributed by atoms with E-state index in [1.807, 2.05) is 30.3 Å². The van der Waals surface area contributed by atoms with Crippen LogP contribution in [-0.2, 0) is 6.42 Å². The van der Waals surface area contributed by atoms with Crippen molar-refractivity contribution < 1.29 is 0 Å². The third-order valence-electron chi connectivity index (χ3n) is 2.85. The molecular weight excluding hydrogens is 345 g/mol. The minimum atomic E-state index is -0.272. The summed E-state index contributed by atoms with van der Waals surface area (Å²) >= 11 is 15.4. The predicted octanol–water partition coefficient (Wildman–Crippen LogP) is 5.61. The van der Waals surface area contributed by atoms with Crippen LogP contribution in [0.15, 0.2) is 46.9 Å². The lowest BCUT2D eigenvalue weighted by Crippen LogP contribution is -2.01. The molecule has 2 aromatic carbocycles. The van der Waals surface area contributed by atoms with Gasteiger partial charge in [0.15, 0.2) is 0 Å². The summed E-state index contributed by atoms with van der Waals surface area (Å²) < 4.78 is 1.02. The van der Waals surface area contributed by atoms with Crippen LogP contribution in [0.4, 0.5) is 0 Å². The van der Waals surface area contributed by atoms with Crippen molar-refractivity contribution in [2.45, 2.75) is 12.3 Å². The molecule has 0 spiro atoms. The zero-order valence-corrected chi connectivity index (χ0v) is 13.0. The van der Waals surface area contributed by atoms with Gasteiger partial charge in [-0.1, -0.05) is 57.3 Å². The molecule has 4 heteroatoms. The number of rotatable bonds is 3. The van der Waals surface area contributed by atoms with Crippen LogP contribution >= 0.6 is 39.1 Å². The lowest BCUT2D eigenvalue weighted by Gasteiger charge is -2.12. The van der Waals surface area contributed by atoms with Crippen molar-refractivity contribution in [2.75, 3.05) is 0 Å². The van der Waals surface area contributed by atoms with Crippen LogP contribution in [0.25, 0.3) is 0 Å². The third kappa shape index (κ3) is 3.73. The van der Waals surface area contributed by atoms with Gasteiger partial charge in [-0.3, -0.25) is 0 Å². The molecule has 0 saturated carbocycles. The fourth-order valence-corrected chi connectivity index (χ4v) is 2.67. The molecule has 19 heavy (non-hydrogen) atoms. The highest BCUT2D eigenvalue weighted by molar-refractivity contribution is 9.10. The lowest BCUT2D eigenvalue weighted by molar-refractivity contribution is 0.849. The van der Waals surface area contributed by atoms with Crippen LogP contribution in [-0.4, -0.2) is 0 Å². The van der Waals surface area contributed by atoms with E-state index in [0.29, 0.717) is 16.5 Å². The number of benzene rings is 2. The summed E-state index contributed by atoms with van der Waals surface area (Å²) in [4.78, 5) is 0. The maximum absolute atomic E-state index is 9.34.